The first-order chi connectivity index (χ1) is 13.7. The summed E-state index contributed by atoms with van der Waals surface area (Å²) in [6, 6.07) is 18.8. The van der Waals surface area contributed by atoms with Gasteiger partial charge < -0.3 is 5.73 Å². The average molecular weight is 388 g/mol. The first-order valence-electron chi connectivity index (χ1n) is 9.56. The molecule has 3 heterocycles. The van der Waals surface area contributed by atoms with Crippen molar-refractivity contribution in [2.24, 2.45) is 5.73 Å². The van der Waals surface area contributed by atoms with Crippen LogP contribution in [0, 0.1) is 0 Å². The largest absolute Gasteiger partial charge is 0.365 e. The van der Waals surface area contributed by atoms with Crippen molar-refractivity contribution in [3.8, 4) is 0 Å². The molecule has 5 heteroatoms. The summed E-state index contributed by atoms with van der Waals surface area (Å²) in [5, 5.41) is 2.36. The maximum absolute atomic E-state index is 12.1. The molecule has 1 saturated heterocycles. The van der Waals surface area contributed by atoms with E-state index >= 15 is 0 Å². The molecule has 2 aromatic heterocycles. The number of thiophene rings is 1. The molecule has 1 aliphatic rings. The second-order valence-corrected chi connectivity index (χ2v) is 8.51. The van der Waals surface area contributed by atoms with Gasteiger partial charge in [-0.05, 0) is 53.7 Å². The molecular formula is C23H21N3OS. The third-order valence-corrected chi connectivity index (χ3v) is 6.81. The Bertz CT molecular complexity index is 1180. The number of aromatic nitrogens is 1. The fraction of sp³-hybridized carbons (Fsp3) is 0.217. The SMILES string of the molecule is NC(=O)c1sc2ccccc2c1C1CCN(Cc2ccc3ncccc3c2)C1. The average Bonchev–Trinajstić information content (AvgIpc) is 3.32. The molecule has 2 N–H and O–H groups in total. The molecule has 1 unspecified atom stereocenters. The van der Waals surface area contributed by atoms with Gasteiger partial charge >= 0.3 is 0 Å². The van der Waals surface area contributed by atoms with Crippen LogP contribution in [0.1, 0.15) is 33.1 Å². The second kappa shape index (κ2) is 7.00. The summed E-state index contributed by atoms with van der Waals surface area (Å²) in [7, 11) is 0. The number of rotatable bonds is 4. The van der Waals surface area contributed by atoms with Gasteiger partial charge in [-0.15, -0.1) is 11.3 Å². The summed E-state index contributed by atoms with van der Waals surface area (Å²) in [6.07, 6.45) is 2.88. The van der Waals surface area contributed by atoms with Crippen LogP contribution >= 0.6 is 11.3 Å². The van der Waals surface area contributed by atoms with E-state index in [2.05, 4.69) is 46.3 Å². The molecule has 0 spiro atoms. The van der Waals surface area contributed by atoms with Gasteiger partial charge in [0.15, 0.2) is 0 Å². The quantitative estimate of drug-likeness (QED) is 0.559. The van der Waals surface area contributed by atoms with Crippen molar-refractivity contribution >= 4 is 38.2 Å². The lowest BCUT2D eigenvalue weighted by atomic mass is 9.95. The Morgan fingerprint density at radius 2 is 2.07 bits per heavy atom. The van der Waals surface area contributed by atoms with Crippen LogP contribution in [0.2, 0.25) is 0 Å². The minimum absolute atomic E-state index is 0.309. The maximum Gasteiger partial charge on any atom is 0.259 e. The highest BCUT2D eigenvalue weighted by molar-refractivity contribution is 7.21. The van der Waals surface area contributed by atoms with E-state index in [0.717, 1.165) is 46.7 Å². The summed E-state index contributed by atoms with van der Waals surface area (Å²) in [5.41, 5.74) is 9.19. The first-order valence-corrected chi connectivity index (χ1v) is 10.4. The van der Waals surface area contributed by atoms with Crippen LogP contribution in [0.5, 0.6) is 0 Å². The number of amides is 1. The maximum atomic E-state index is 12.1. The predicted molar refractivity (Wildman–Crippen MR) is 115 cm³/mol. The van der Waals surface area contributed by atoms with E-state index in [1.54, 1.807) is 0 Å². The van der Waals surface area contributed by atoms with Gasteiger partial charge in [0.25, 0.3) is 5.91 Å². The topological polar surface area (TPSA) is 59.2 Å². The predicted octanol–water partition coefficient (Wildman–Crippen LogP) is 4.54. The highest BCUT2D eigenvalue weighted by atomic mass is 32.1. The lowest BCUT2D eigenvalue weighted by Gasteiger charge is -2.17. The van der Waals surface area contributed by atoms with Crippen molar-refractivity contribution in [2.75, 3.05) is 13.1 Å². The lowest BCUT2D eigenvalue weighted by molar-refractivity contribution is 0.100. The highest BCUT2D eigenvalue weighted by Crippen LogP contribution is 2.40. The molecule has 0 aliphatic carbocycles. The highest BCUT2D eigenvalue weighted by Gasteiger charge is 2.29. The third-order valence-electron chi connectivity index (χ3n) is 5.61. The van der Waals surface area contributed by atoms with Crippen LogP contribution in [0.3, 0.4) is 0 Å². The molecule has 1 amide bonds. The van der Waals surface area contributed by atoms with Crippen LogP contribution in [0.25, 0.3) is 21.0 Å². The number of primary amides is 1. The van der Waals surface area contributed by atoms with E-state index in [4.69, 9.17) is 5.73 Å². The molecular weight excluding hydrogens is 366 g/mol. The zero-order chi connectivity index (χ0) is 19.1. The molecule has 140 valence electrons. The summed E-state index contributed by atoms with van der Waals surface area (Å²) >= 11 is 1.53. The van der Waals surface area contributed by atoms with E-state index < -0.39 is 0 Å². The normalized spacial score (nSPS) is 17.5. The smallest absolute Gasteiger partial charge is 0.259 e. The third kappa shape index (κ3) is 3.07. The molecule has 1 atom stereocenters. The number of pyridine rings is 1. The van der Waals surface area contributed by atoms with Gasteiger partial charge in [-0.3, -0.25) is 14.7 Å². The number of fused-ring (bicyclic) bond motifs is 2. The summed E-state index contributed by atoms with van der Waals surface area (Å²) in [4.78, 5) is 19.7. The number of benzene rings is 2. The molecule has 0 saturated carbocycles. The molecule has 28 heavy (non-hydrogen) atoms. The Hall–Kier alpha value is -2.76. The van der Waals surface area contributed by atoms with Gasteiger partial charge in [-0.25, -0.2) is 0 Å². The van der Waals surface area contributed by atoms with Crippen LogP contribution < -0.4 is 5.73 Å². The van der Waals surface area contributed by atoms with Crippen molar-refractivity contribution in [2.45, 2.75) is 18.9 Å². The molecule has 5 rings (SSSR count). The molecule has 2 aromatic carbocycles. The number of likely N-dealkylation sites (tertiary alicyclic amines) is 1. The second-order valence-electron chi connectivity index (χ2n) is 7.46. The monoisotopic (exact) mass is 387 g/mol. The van der Waals surface area contributed by atoms with Gasteiger partial charge in [0.05, 0.1) is 10.4 Å². The van der Waals surface area contributed by atoms with Gasteiger partial charge in [0.2, 0.25) is 0 Å². The minimum atomic E-state index is -0.309. The number of hydrogen-bond donors (Lipinski definition) is 1. The van der Waals surface area contributed by atoms with E-state index in [1.807, 2.05) is 24.4 Å². The minimum Gasteiger partial charge on any atom is -0.365 e. The van der Waals surface area contributed by atoms with Gasteiger partial charge in [-0.2, -0.15) is 0 Å². The zero-order valence-corrected chi connectivity index (χ0v) is 16.3. The summed E-state index contributed by atoms with van der Waals surface area (Å²) < 4.78 is 1.15. The Morgan fingerprint density at radius 1 is 1.18 bits per heavy atom. The van der Waals surface area contributed by atoms with Crippen molar-refractivity contribution in [1.29, 1.82) is 0 Å². The van der Waals surface area contributed by atoms with Crippen molar-refractivity contribution in [3.63, 3.8) is 0 Å². The molecule has 4 nitrogen and oxygen atoms in total. The van der Waals surface area contributed by atoms with Crippen molar-refractivity contribution < 1.29 is 4.79 Å². The molecule has 1 aliphatic heterocycles. The first kappa shape index (κ1) is 17.3. The van der Waals surface area contributed by atoms with Crippen LogP contribution in [0.15, 0.2) is 60.8 Å². The fourth-order valence-electron chi connectivity index (χ4n) is 4.35. The number of carbonyl (C=O) groups excluding carboxylic acids is 1. The Balaban J connectivity index is 1.40. The lowest BCUT2D eigenvalue weighted by Crippen LogP contribution is -2.20. The van der Waals surface area contributed by atoms with Crippen LogP contribution in [-0.2, 0) is 6.54 Å². The fourth-order valence-corrected chi connectivity index (χ4v) is 5.49. The molecule has 0 bridgehead atoms. The summed E-state index contributed by atoms with van der Waals surface area (Å²) in [5.74, 6) is 0.0393. The van der Waals surface area contributed by atoms with E-state index in [1.165, 1.54) is 27.7 Å². The number of nitrogens with zero attached hydrogens (tertiary/aromatic N) is 2. The zero-order valence-electron chi connectivity index (χ0n) is 15.5. The summed E-state index contributed by atoms with van der Waals surface area (Å²) in [6.45, 7) is 2.89. The van der Waals surface area contributed by atoms with Gasteiger partial charge in [-0.1, -0.05) is 30.3 Å². The Labute approximate surface area is 167 Å². The van der Waals surface area contributed by atoms with Gasteiger partial charge in [0, 0.05) is 35.3 Å². The van der Waals surface area contributed by atoms with E-state index in [-0.39, 0.29) is 5.91 Å². The van der Waals surface area contributed by atoms with E-state index in [0.29, 0.717) is 5.92 Å². The Morgan fingerprint density at radius 3 is 2.96 bits per heavy atom. The Kier molecular flexibility index (Phi) is 4.34. The van der Waals surface area contributed by atoms with Crippen LogP contribution in [0.4, 0.5) is 0 Å². The van der Waals surface area contributed by atoms with Gasteiger partial charge in [0.1, 0.15) is 0 Å². The van der Waals surface area contributed by atoms with Crippen LogP contribution in [-0.4, -0.2) is 28.9 Å². The standard InChI is InChI=1S/C23H21N3OS/c24-23(27)22-21(18-5-1-2-6-20(18)28-22)17-9-11-26(14-17)13-15-7-8-19-16(12-15)4-3-10-25-19/h1-8,10,12,17H,9,11,13-14H2,(H2,24,27). The number of nitrogens with two attached hydrogens (primary N) is 1. The molecule has 4 aromatic rings. The molecule has 0 radical (unpaired) electrons. The van der Waals surface area contributed by atoms with Crippen molar-refractivity contribution in [1.82, 2.24) is 9.88 Å². The van der Waals surface area contributed by atoms with Crippen molar-refractivity contribution in [3.05, 3.63) is 76.8 Å². The molecule has 1 fully saturated rings. The number of carbonyl (C=O) groups is 1. The number of hydrogen-bond acceptors (Lipinski definition) is 4. The van der Waals surface area contributed by atoms with E-state index in [9.17, 15) is 4.79 Å².